The number of esters is 1. The molecule has 2 saturated heterocycles. The van der Waals surface area contributed by atoms with E-state index in [-0.39, 0.29) is 17.9 Å². The van der Waals surface area contributed by atoms with E-state index in [1.807, 2.05) is 0 Å². The topological polar surface area (TPSA) is 64.6 Å². The molecule has 2 aliphatic rings. The first-order valence-corrected chi connectivity index (χ1v) is 4.78. The lowest BCUT2D eigenvalue weighted by atomic mass is 9.93. The highest BCUT2D eigenvalue weighted by atomic mass is 16.5. The van der Waals surface area contributed by atoms with Crippen molar-refractivity contribution in [3.8, 4) is 0 Å². The predicted octanol–water partition coefficient (Wildman–Crippen LogP) is -0.690. The van der Waals surface area contributed by atoms with Crippen molar-refractivity contribution in [1.29, 1.82) is 0 Å². The maximum absolute atomic E-state index is 11.5. The maximum Gasteiger partial charge on any atom is 0.318 e. The summed E-state index contributed by atoms with van der Waals surface area (Å²) in [6.07, 6.45) is 0. The third-order valence-electron chi connectivity index (χ3n) is 2.70. The minimum Gasteiger partial charge on any atom is -0.465 e. The fourth-order valence-electron chi connectivity index (χ4n) is 2.03. The highest BCUT2D eigenvalue weighted by Crippen LogP contribution is 2.29. The fourth-order valence-corrected chi connectivity index (χ4v) is 2.03. The largest absolute Gasteiger partial charge is 0.465 e. The Kier molecular flexibility index (Phi) is 2.41. The zero-order valence-electron chi connectivity index (χ0n) is 7.99. The summed E-state index contributed by atoms with van der Waals surface area (Å²) in [5.41, 5.74) is 0. The van der Waals surface area contributed by atoms with Crippen LogP contribution < -0.4 is 5.32 Å². The third kappa shape index (κ3) is 1.37. The van der Waals surface area contributed by atoms with Gasteiger partial charge in [0.25, 0.3) is 0 Å². The Labute approximate surface area is 81.7 Å². The summed E-state index contributed by atoms with van der Waals surface area (Å²) in [6.45, 7) is 3.01. The Morgan fingerprint density at radius 3 is 3.14 bits per heavy atom. The summed E-state index contributed by atoms with van der Waals surface area (Å²) in [5.74, 6) is -1.35. The smallest absolute Gasteiger partial charge is 0.318 e. The average Bonchev–Trinajstić information content (AvgIpc) is 2.63. The van der Waals surface area contributed by atoms with Crippen LogP contribution in [0.15, 0.2) is 0 Å². The lowest BCUT2D eigenvalue weighted by Crippen LogP contribution is -2.31. The SMILES string of the molecule is CCOC(=O)[C@H]1C(=O)N[C@@H]2COC[C@H]12. The van der Waals surface area contributed by atoms with Gasteiger partial charge in [-0.1, -0.05) is 0 Å². The highest BCUT2D eigenvalue weighted by Gasteiger charge is 2.50. The monoisotopic (exact) mass is 199 g/mol. The highest BCUT2D eigenvalue weighted by molar-refractivity contribution is 6.00. The van der Waals surface area contributed by atoms with Crippen molar-refractivity contribution in [2.24, 2.45) is 11.8 Å². The predicted molar refractivity (Wildman–Crippen MR) is 46.4 cm³/mol. The van der Waals surface area contributed by atoms with Crippen LogP contribution in [0.1, 0.15) is 6.92 Å². The number of nitrogens with one attached hydrogen (secondary N) is 1. The van der Waals surface area contributed by atoms with Gasteiger partial charge in [-0.25, -0.2) is 0 Å². The van der Waals surface area contributed by atoms with Gasteiger partial charge < -0.3 is 14.8 Å². The average molecular weight is 199 g/mol. The molecule has 0 spiro atoms. The van der Waals surface area contributed by atoms with Crippen molar-refractivity contribution in [1.82, 2.24) is 5.32 Å². The molecule has 0 unspecified atom stereocenters. The van der Waals surface area contributed by atoms with Crippen LogP contribution >= 0.6 is 0 Å². The molecular weight excluding hydrogens is 186 g/mol. The molecule has 1 N–H and O–H groups in total. The second-order valence-corrected chi connectivity index (χ2v) is 3.55. The number of fused-ring (bicyclic) bond motifs is 1. The second-order valence-electron chi connectivity index (χ2n) is 3.55. The van der Waals surface area contributed by atoms with E-state index in [1.54, 1.807) is 6.92 Å². The third-order valence-corrected chi connectivity index (χ3v) is 2.70. The molecule has 0 aliphatic carbocycles. The van der Waals surface area contributed by atoms with Crippen molar-refractivity contribution >= 4 is 11.9 Å². The minimum atomic E-state index is -0.664. The molecule has 0 bridgehead atoms. The van der Waals surface area contributed by atoms with Crippen LogP contribution in [0.3, 0.4) is 0 Å². The molecule has 2 rings (SSSR count). The molecular formula is C9H13NO4. The van der Waals surface area contributed by atoms with E-state index in [0.717, 1.165) is 0 Å². The number of rotatable bonds is 2. The van der Waals surface area contributed by atoms with Crippen molar-refractivity contribution in [3.05, 3.63) is 0 Å². The van der Waals surface area contributed by atoms with E-state index in [9.17, 15) is 9.59 Å². The number of ether oxygens (including phenoxy) is 2. The minimum absolute atomic E-state index is 0.00286. The van der Waals surface area contributed by atoms with Crippen LogP contribution in [-0.2, 0) is 19.1 Å². The van der Waals surface area contributed by atoms with Crippen LogP contribution in [0.4, 0.5) is 0 Å². The first-order chi connectivity index (χ1) is 6.74. The van der Waals surface area contributed by atoms with Crippen LogP contribution in [0.25, 0.3) is 0 Å². The van der Waals surface area contributed by atoms with Crippen molar-refractivity contribution < 1.29 is 19.1 Å². The lowest BCUT2D eigenvalue weighted by molar-refractivity contribution is -0.152. The summed E-state index contributed by atoms with van der Waals surface area (Å²) < 4.78 is 10.0. The number of hydrogen-bond acceptors (Lipinski definition) is 4. The maximum atomic E-state index is 11.5. The van der Waals surface area contributed by atoms with E-state index in [1.165, 1.54) is 0 Å². The molecule has 14 heavy (non-hydrogen) atoms. The lowest BCUT2D eigenvalue weighted by Gasteiger charge is -2.11. The van der Waals surface area contributed by atoms with E-state index in [0.29, 0.717) is 19.8 Å². The Morgan fingerprint density at radius 1 is 1.64 bits per heavy atom. The van der Waals surface area contributed by atoms with E-state index < -0.39 is 11.9 Å². The molecule has 5 nitrogen and oxygen atoms in total. The number of amides is 1. The first kappa shape index (κ1) is 9.45. The summed E-state index contributed by atoms with van der Waals surface area (Å²) in [6, 6.07) is -0.00286. The molecule has 2 aliphatic heterocycles. The Morgan fingerprint density at radius 2 is 2.43 bits per heavy atom. The number of carbonyl (C=O) groups excluding carboxylic acids is 2. The molecule has 0 radical (unpaired) electrons. The quantitative estimate of drug-likeness (QED) is 0.472. The van der Waals surface area contributed by atoms with Crippen LogP contribution in [0, 0.1) is 11.8 Å². The Balaban J connectivity index is 2.09. The molecule has 0 aromatic rings. The summed E-state index contributed by atoms with van der Waals surface area (Å²) >= 11 is 0. The van der Waals surface area contributed by atoms with Gasteiger partial charge in [0.1, 0.15) is 5.92 Å². The molecule has 5 heteroatoms. The molecule has 78 valence electrons. The second kappa shape index (κ2) is 3.57. The molecule has 0 aromatic carbocycles. The van der Waals surface area contributed by atoms with Gasteiger partial charge in [0.15, 0.2) is 0 Å². The standard InChI is InChI=1S/C9H13NO4/c1-2-14-9(12)7-5-3-13-4-6(5)10-8(7)11/h5-7H,2-4H2,1H3,(H,10,11)/t5-,6+,7+/m0/s1. The van der Waals surface area contributed by atoms with Crippen molar-refractivity contribution in [2.75, 3.05) is 19.8 Å². The van der Waals surface area contributed by atoms with Crippen molar-refractivity contribution in [3.63, 3.8) is 0 Å². The molecule has 1 amide bonds. The summed E-state index contributed by atoms with van der Waals surface area (Å²) in [4.78, 5) is 22.9. The van der Waals surface area contributed by atoms with Crippen molar-refractivity contribution in [2.45, 2.75) is 13.0 Å². The van der Waals surface area contributed by atoms with E-state index in [4.69, 9.17) is 9.47 Å². The van der Waals surface area contributed by atoms with Gasteiger partial charge in [0.2, 0.25) is 5.91 Å². The zero-order valence-corrected chi connectivity index (χ0v) is 7.99. The van der Waals surface area contributed by atoms with Crippen LogP contribution in [0.5, 0.6) is 0 Å². The fraction of sp³-hybridized carbons (Fsp3) is 0.778. The normalized spacial score (nSPS) is 35.2. The Bertz CT molecular complexity index is 266. The van der Waals surface area contributed by atoms with E-state index in [2.05, 4.69) is 5.32 Å². The molecule has 0 aromatic heterocycles. The van der Waals surface area contributed by atoms with E-state index >= 15 is 0 Å². The van der Waals surface area contributed by atoms with Gasteiger partial charge in [-0.2, -0.15) is 0 Å². The Hall–Kier alpha value is -1.10. The molecule has 2 fully saturated rings. The van der Waals surface area contributed by atoms with Gasteiger partial charge in [-0.05, 0) is 6.92 Å². The summed E-state index contributed by atoms with van der Waals surface area (Å²) in [7, 11) is 0. The zero-order chi connectivity index (χ0) is 10.1. The van der Waals surface area contributed by atoms with Gasteiger partial charge in [-0.15, -0.1) is 0 Å². The summed E-state index contributed by atoms with van der Waals surface area (Å²) in [5, 5.41) is 2.74. The van der Waals surface area contributed by atoms with Crippen LogP contribution in [-0.4, -0.2) is 37.7 Å². The first-order valence-electron chi connectivity index (χ1n) is 4.78. The molecule has 2 heterocycles. The molecule has 0 saturated carbocycles. The van der Waals surface area contributed by atoms with Gasteiger partial charge in [-0.3, -0.25) is 9.59 Å². The number of hydrogen-bond donors (Lipinski definition) is 1. The number of carbonyl (C=O) groups is 2. The van der Waals surface area contributed by atoms with Gasteiger partial charge >= 0.3 is 5.97 Å². The van der Waals surface area contributed by atoms with Crippen LogP contribution in [0.2, 0.25) is 0 Å². The van der Waals surface area contributed by atoms with Gasteiger partial charge in [0, 0.05) is 5.92 Å². The molecule has 3 atom stereocenters. The van der Waals surface area contributed by atoms with Gasteiger partial charge in [0.05, 0.1) is 25.9 Å².